The molecule has 106 valence electrons. The average Bonchev–Trinajstić information content (AvgIpc) is 2.36. The smallest absolute Gasteiger partial charge is 0.349 e. The van der Waals surface area contributed by atoms with Crippen molar-refractivity contribution in [2.75, 3.05) is 0 Å². The van der Waals surface area contributed by atoms with E-state index in [1.165, 1.54) is 36.7 Å². The van der Waals surface area contributed by atoms with E-state index in [1.54, 1.807) is 4.55 Å². The van der Waals surface area contributed by atoms with Crippen LogP contribution in [-0.2, 0) is 14.2 Å². The van der Waals surface area contributed by atoms with Gasteiger partial charge in [0, 0.05) is 19.3 Å². The second-order valence-electron chi connectivity index (χ2n) is 6.57. The molecule has 0 spiro atoms. The topological polar surface area (TPSA) is 27.7 Å². The predicted octanol–water partition coefficient (Wildman–Crippen LogP) is 3.52. The Kier molecular flexibility index (Phi) is 5.07. The highest BCUT2D eigenvalue weighted by molar-refractivity contribution is 6.35. The minimum atomic E-state index is 0.0326. The van der Waals surface area contributed by atoms with Crippen LogP contribution in [0.3, 0.4) is 0 Å². The van der Waals surface area contributed by atoms with Crippen LogP contribution in [0.15, 0.2) is 0 Å². The lowest BCUT2D eigenvalue weighted by atomic mass is 9.80. The van der Waals surface area contributed by atoms with E-state index in [0.717, 1.165) is 19.3 Å². The highest BCUT2D eigenvalue weighted by Crippen LogP contribution is 2.47. The zero-order chi connectivity index (χ0) is 13.1. The summed E-state index contributed by atoms with van der Waals surface area (Å²) in [5.41, 5.74) is 0.111. The number of hydrogen-bond acceptors (Lipinski definition) is 3. The van der Waals surface area contributed by atoms with E-state index in [0.29, 0.717) is 6.10 Å². The fourth-order valence-electron chi connectivity index (χ4n) is 3.89. The van der Waals surface area contributed by atoms with Crippen molar-refractivity contribution in [3.05, 3.63) is 0 Å². The van der Waals surface area contributed by atoms with Crippen LogP contribution in [0.1, 0.15) is 58.3 Å². The third kappa shape index (κ3) is 3.65. The van der Waals surface area contributed by atoms with Gasteiger partial charge in [-0.25, -0.2) is 0 Å². The Labute approximate surface area is 126 Å². The molecule has 0 saturated carbocycles. The van der Waals surface area contributed by atoms with Gasteiger partial charge in [-0.3, -0.25) is 0 Å². The van der Waals surface area contributed by atoms with Gasteiger partial charge in [0.05, 0.1) is 11.7 Å². The Morgan fingerprint density at radius 2 is 1.95 bits per heavy atom. The molecule has 0 aromatic heterocycles. The summed E-state index contributed by atoms with van der Waals surface area (Å²) in [6.07, 6.45) is 10.3. The standard InChI is InChI=1S/C11H17O3.C4H9.Mg/c1-2-3-4-11-6-8-5-9(14-11)13-10(7-11)12-8;1-3-4-2;/h8-10H,1-7H2;1,3-4H2,2H3;. The maximum absolute atomic E-state index is 6.16. The van der Waals surface area contributed by atoms with E-state index in [4.69, 9.17) is 14.2 Å². The van der Waals surface area contributed by atoms with Crippen LogP contribution >= 0.6 is 0 Å². The van der Waals surface area contributed by atoms with Gasteiger partial charge in [-0.1, -0.05) is 32.6 Å². The molecule has 4 rings (SSSR count). The van der Waals surface area contributed by atoms with Crippen molar-refractivity contribution in [1.82, 2.24) is 0 Å². The average molecular weight is 279 g/mol. The van der Waals surface area contributed by atoms with Crippen LogP contribution < -0.4 is 0 Å². The first-order chi connectivity index (χ1) is 9.30. The van der Waals surface area contributed by atoms with E-state index in [2.05, 4.69) is 6.92 Å². The Balaban J connectivity index is 1.36. The molecular weight excluding hydrogens is 252 g/mol. The Bertz CT molecular complexity index is 260. The zero-order valence-electron chi connectivity index (χ0n) is 12.2. The molecule has 0 N–H and O–H groups in total. The van der Waals surface area contributed by atoms with Gasteiger partial charge in [0.1, 0.15) is 0 Å². The van der Waals surface area contributed by atoms with Crippen molar-refractivity contribution in [2.24, 2.45) is 0 Å². The molecule has 4 aliphatic rings. The minimum absolute atomic E-state index is 0.0326. The maximum atomic E-state index is 6.16. The van der Waals surface area contributed by atoms with Crippen molar-refractivity contribution in [2.45, 2.75) is 91.7 Å². The largest absolute Gasteiger partial charge is 0.364 e. The van der Waals surface area contributed by atoms with Gasteiger partial charge in [-0.05, 0) is 6.42 Å². The molecule has 0 radical (unpaired) electrons. The second-order valence-corrected chi connectivity index (χ2v) is 8.69. The van der Waals surface area contributed by atoms with Crippen LogP contribution in [0.5, 0.6) is 0 Å². The summed E-state index contributed by atoms with van der Waals surface area (Å²) >= 11 is 0.238. The molecule has 4 heterocycles. The lowest BCUT2D eigenvalue weighted by molar-refractivity contribution is -0.418. The second kappa shape index (κ2) is 6.61. The summed E-state index contributed by atoms with van der Waals surface area (Å²) in [5.74, 6) is 0. The van der Waals surface area contributed by atoms with Crippen LogP contribution in [0.4, 0.5) is 0 Å². The number of ether oxygens (including phenoxy) is 3. The third-order valence-electron chi connectivity index (χ3n) is 4.86. The molecule has 3 nitrogen and oxygen atoms in total. The normalized spacial score (nSPS) is 39.5. The van der Waals surface area contributed by atoms with E-state index in [9.17, 15) is 0 Å². The predicted molar refractivity (Wildman–Crippen MR) is 75.3 cm³/mol. The lowest BCUT2D eigenvalue weighted by Gasteiger charge is -2.55. The summed E-state index contributed by atoms with van der Waals surface area (Å²) < 4.78 is 20.7. The summed E-state index contributed by atoms with van der Waals surface area (Å²) in [7, 11) is 0. The fraction of sp³-hybridized carbons (Fsp3) is 1.00. The van der Waals surface area contributed by atoms with Crippen molar-refractivity contribution in [3.8, 4) is 0 Å². The first-order valence-corrected chi connectivity index (χ1v) is 10.3. The van der Waals surface area contributed by atoms with Crippen molar-refractivity contribution in [3.63, 3.8) is 0 Å². The molecule has 0 aliphatic carbocycles. The summed E-state index contributed by atoms with van der Waals surface area (Å²) in [5, 5.41) is 0. The quantitative estimate of drug-likeness (QED) is 0.502. The number of unbranched alkanes of at least 4 members (excludes halogenated alkanes) is 2. The molecule has 4 unspecified atom stereocenters. The van der Waals surface area contributed by atoms with Crippen LogP contribution in [0, 0.1) is 0 Å². The maximum Gasteiger partial charge on any atom is 0.364 e. The SMILES string of the molecule is CCC[CH2][Mg][CH2]CCCC12CC3CC(OC(C1)O3)O2. The Hall–Kier alpha value is 0.646. The van der Waals surface area contributed by atoms with Crippen LogP contribution in [-0.4, -0.2) is 44.7 Å². The lowest BCUT2D eigenvalue weighted by Crippen LogP contribution is -2.61. The molecule has 19 heavy (non-hydrogen) atoms. The first-order valence-electron chi connectivity index (χ1n) is 8.28. The van der Waals surface area contributed by atoms with Gasteiger partial charge in [0.2, 0.25) is 0 Å². The van der Waals surface area contributed by atoms with E-state index in [-0.39, 0.29) is 38.5 Å². The molecule has 4 aliphatic heterocycles. The van der Waals surface area contributed by atoms with Crippen LogP contribution in [0.25, 0.3) is 0 Å². The molecule has 4 bridgehead atoms. The van der Waals surface area contributed by atoms with Gasteiger partial charge < -0.3 is 14.2 Å². The van der Waals surface area contributed by atoms with Crippen molar-refractivity contribution in [1.29, 1.82) is 0 Å². The summed E-state index contributed by atoms with van der Waals surface area (Å²) in [6.45, 7) is 2.29. The van der Waals surface area contributed by atoms with Gasteiger partial charge >= 0.3 is 20.4 Å². The van der Waals surface area contributed by atoms with Crippen LogP contribution in [0.2, 0.25) is 9.10 Å². The monoisotopic (exact) mass is 278 g/mol. The highest BCUT2D eigenvalue weighted by Gasteiger charge is 2.53. The van der Waals surface area contributed by atoms with Crippen molar-refractivity contribution < 1.29 is 14.2 Å². The molecule has 0 aromatic rings. The van der Waals surface area contributed by atoms with E-state index in [1.807, 2.05) is 0 Å². The van der Waals surface area contributed by atoms with Gasteiger partial charge in [-0.2, -0.15) is 0 Å². The van der Waals surface area contributed by atoms with E-state index >= 15 is 0 Å². The summed E-state index contributed by atoms with van der Waals surface area (Å²) in [4.78, 5) is 0. The molecule has 0 aromatic carbocycles. The first kappa shape index (κ1) is 14.6. The Morgan fingerprint density at radius 1 is 1.05 bits per heavy atom. The van der Waals surface area contributed by atoms with E-state index < -0.39 is 0 Å². The molecule has 4 saturated heterocycles. The molecule has 4 atom stereocenters. The Morgan fingerprint density at radius 3 is 2.74 bits per heavy atom. The summed E-state index contributed by atoms with van der Waals surface area (Å²) in [6, 6.07) is 0. The number of hydrogen-bond donors (Lipinski definition) is 0. The highest BCUT2D eigenvalue weighted by atomic mass is 24.5. The molecule has 4 fully saturated rings. The van der Waals surface area contributed by atoms with Gasteiger partial charge in [-0.15, -0.1) is 9.10 Å². The van der Waals surface area contributed by atoms with Gasteiger partial charge in [0.15, 0.2) is 12.6 Å². The zero-order valence-corrected chi connectivity index (χ0v) is 13.6. The molecular formula is C15H26MgO3. The van der Waals surface area contributed by atoms with Crippen molar-refractivity contribution >= 4 is 20.4 Å². The molecule has 0 amide bonds. The van der Waals surface area contributed by atoms with Gasteiger partial charge in [0.25, 0.3) is 0 Å². The third-order valence-corrected chi connectivity index (χ3v) is 6.86. The molecule has 4 heteroatoms. The fourth-order valence-corrected chi connectivity index (χ4v) is 5.80. The number of rotatable bonds is 8. The minimum Gasteiger partial charge on any atom is -0.349 e.